The van der Waals surface area contributed by atoms with E-state index in [1.54, 1.807) is 30.3 Å². The molecule has 94 valence electrons. The molecule has 0 bridgehead atoms. The Morgan fingerprint density at radius 3 is 2.35 bits per heavy atom. The van der Waals surface area contributed by atoms with Gasteiger partial charge in [0.1, 0.15) is 5.92 Å². The molecule has 6 heteroatoms. The molecular formula is C11H14O5S. The summed E-state index contributed by atoms with van der Waals surface area (Å²) < 4.78 is 31.1. The topological polar surface area (TPSA) is 69.7 Å². The van der Waals surface area contributed by atoms with E-state index in [0.717, 1.165) is 6.26 Å². The lowest BCUT2D eigenvalue weighted by Gasteiger charge is -2.14. The van der Waals surface area contributed by atoms with Crippen molar-refractivity contribution < 1.29 is 22.1 Å². The highest BCUT2D eigenvalue weighted by atomic mass is 32.2. The van der Waals surface area contributed by atoms with Gasteiger partial charge in [-0.2, -0.15) is 8.42 Å². The smallest absolute Gasteiger partial charge is 0.315 e. The molecule has 5 nitrogen and oxygen atoms in total. The van der Waals surface area contributed by atoms with Gasteiger partial charge in [-0.05, 0) is 5.56 Å². The highest BCUT2D eigenvalue weighted by Gasteiger charge is 2.23. The molecule has 0 aliphatic heterocycles. The number of methoxy groups -OCH3 is 1. The van der Waals surface area contributed by atoms with Gasteiger partial charge in [0, 0.05) is 0 Å². The minimum absolute atomic E-state index is 0.254. The fraction of sp³-hybridized carbons (Fsp3) is 0.364. The van der Waals surface area contributed by atoms with Crippen LogP contribution in [0.3, 0.4) is 0 Å². The molecule has 0 aromatic heterocycles. The van der Waals surface area contributed by atoms with Crippen molar-refractivity contribution >= 4 is 16.1 Å². The van der Waals surface area contributed by atoms with Gasteiger partial charge in [0.2, 0.25) is 0 Å². The maximum Gasteiger partial charge on any atom is 0.315 e. The van der Waals surface area contributed by atoms with Gasteiger partial charge in [-0.15, -0.1) is 0 Å². The van der Waals surface area contributed by atoms with Crippen molar-refractivity contribution in [3.05, 3.63) is 35.9 Å². The van der Waals surface area contributed by atoms with Gasteiger partial charge in [-0.1, -0.05) is 30.3 Å². The van der Waals surface area contributed by atoms with Crippen molar-refractivity contribution in [3.8, 4) is 0 Å². The van der Waals surface area contributed by atoms with Crippen LogP contribution in [-0.4, -0.2) is 34.4 Å². The molecule has 1 rings (SSSR count). The zero-order valence-electron chi connectivity index (χ0n) is 9.62. The first-order valence-corrected chi connectivity index (χ1v) is 6.73. The Labute approximate surface area is 100 Å². The van der Waals surface area contributed by atoms with Crippen molar-refractivity contribution in [1.29, 1.82) is 0 Å². The van der Waals surface area contributed by atoms with E-state index in [-0.39, 0.29) is 6.61 Å². The van der Waals surface area contributed by atoms with Gasteiger partial charge in [-0.3, -0.25) is 8.98 Å². The standard InChI is InChI=1S/C11H14O5S/c1-15-11(12)10(8-16-17(2,13)14)9-6-4-3-5-7-9/h3-7,10H,8H2,1-2H3. The fourth-order valence-corrected chi connectivity index (χ4v) is 1.70. The lowest BCUT2D eigenvalue weighted by atomic mass is 10.0. The molecule has 0 saturated carbocycles. The Morgan fingerprint density at radius 2 is 1.88 bits per heavy atom. The Bertz CT molecular complexity index is 466. The zero-order valence-corrected chi connectivity index (χ0v) is 10.4. The molecule has 1 aromatic rings. The second-order valence-corrected chi connectivity index (χ2v) is 5.12. The molecule has 1 atom stereocenters. The molecule has 0 radical (unpaired) electrons. The first kappa shape index (κ1) is 13.7. The minimum atomic E-state index is -3.58. The van der Waals surface area contributed by atoms with Crippen LogP contribution in [0.4, 0.5) is 0 Å². The second-order valence-electron chi connectivity index (χ2n) is 3.48. The fourth-order valence-electron chi connectivity index (χ4n) is 1.32. The van der Waals surface area contributed by atoms with E-state index in [1.807, 2.05) is 0 Å². The third-order valence-corrected chi connectivity index (χ3v) is 2.70. The quantitative estimate of drug-likeness (QED) is 0.580. The lowest BCUT2D eigenvalue weighted by Crippen LogP contribution is -2.21. The van der Waals surface area contributed by atoms with E-state index >= 15 is 0 Å². The second kappa shape index (κ2) is 5.79. The van der Waals surface area contributed by atoms with Crippen molar-refractivity contribution in [1.82, 2.24) is 0 Å². The van der Waals surface area contributed by atoms with Gasteiger partial charge in [0.05, 0.1) is 20.0 Å². The monoisotopic (exact) mass is 258 g/mol. The molecule has 0 fully saturated rings. The summed E-state index contributed by atoms with van der Waals surface area (Å²) in [5.74, 6) is -1.27. The predicted octanol–water partition coefficient (Wildman–Crippen LogP) is 0.919. The van der Waals surface area contributed by atoms with Crippen molar-refractivity contribution in [2.24, 2.45) is 0 Å². The van der Waals surface area contributed by atoms with E-state index < -0.39 is 22.0 Å². The summed E-state index contributed by atoms with van der Waals surface area (Å²) in [4.78, 5) is 11.5. The Balaban J connectivity index is 2.86. The van der Waals surface area contributed by atoms with Crippen molar-refractivity contribution in [2.45, 2.75) is 5.92 Å². The molecule has 0 amide bonds. The van der Waals surface area contributed by atoms with E-state index in [4.69, 9.17) is 0 Å². The average molecular weight is 258 g/mol. The maximum atomic E-state index is 11.5. The molecule has 0 saturated heterocycles. The van der Waals surface area contributed by atoms with Crippen LogP contribution in [0.2, 0.25) is 0 Å². The molecule has 1 aromatic carbocycles. The van der Waals surface area contributed by atoms with Crippen LogP contribution in [-0.2, 0) is 23.8 Å². The SMILES string of the molecule is COC(=O)C(COS(C)(=O)=O)c1ccccc1. The molecular weight excluding hydrogens is 244 g/mol. The number of hydrogen-bond acceptors (Lipinski definition) is 5. The van der Waals surface area contributed by atoms with E-state index in [0.29, 0.717) is 5.56 Å². The number of hydrogen-bond donors (Lipinski definition) is 0. The molecule has 1 unspecified atom stereocenters. The number of esters is 1. The average Bonchev–Trinajstić information content (AvgIpc) is 2.29. The van der Waals surface area contributed by atoms with Crippen LogP contribution in [0.5, 0.6) is 0 Å². The number of benzene rings is 1. The van der Waals surface area contributed by atoms with Crippen LogP contribution in [0, 0.1) is 0 Å². The summed E-state index contributed by atoms with van der Waals surface area (Å²) in [7, 11) is -2.33. The summed E-state index contributed by atoms with van der Waals surface area (Å²) in [5.41, 5.74) is 0.656. The summed E-state index contributed by atoms with van der Waals surface area (Å²) in [6, 6.07) is 8.74. The Hall–Kier alpha value is -1.40. The highest BCUT2D eigenvalue weighted by molar-refractivity contribution is 7.85. The minimum Gasteiger partial charge on any atom is -0.468 e. The molecule has 17 heavy (non-hydrogen) atoms. The predicted molar refractivity (Wildman–Crippen MR) is 62.0 cm³/mol. The zero-order chi connectivity index (χ0) is 12.9. The molecule has 0 spiro atoms. The number of ether oxygens (including phenoxy) is 1. The molecule has 0 aliphatic rings. The van der Waals surface area contributed by atoms with Crippen LogP contribution >= 0.6 is 0 Å². The van der Waals surface area contributed by atoms with Gasteiger partial charge in [0.25, 0.3) is 10.1 Å². The summed E-state index contributed by atoms with van der Waals surface area (Å²) in [6.45, 7) is -0.254. The van der Waals surface area contributed by atoms with Crippen LogP contribution in [0.1, 0.15) is 11.5 Å². The largest absolute Gasteiger partial charge is 0.468 e. The van der Waals surface area contributed by atoms with Crippen LogP contribution < -0.4 is 0 Å². The number of carbonyl (C=O) groups is 1. The van der Waals surface area contributed by atoms with Crippen molar-refractivity contribution in [2.75, 3.05) is 20.0 Å². The third-order valence-electron chi connectivity index (χ3n) is 2.14. The van der Waals surface area contributed by atoms with Gasteiger partial charge < -0.3 is 4.74 Å². The molecule has 0 N–H and O–H groups in total. The highest BCUT2D eigenvalue weighted by Crippen LogP contribution is 2.18. The van der Waals surface area contributed by atoms with E-state index in [9.17, 15) is 13.2 Å². The first-order valence-electron chi connectivity index (χ1n) is 4.91. The maximum absolute atomic E-state index is 11.5. The van der Waals surface area contributed by atoms with Gasteiger partial charge >= 0.3 is 5.97 Å². The van der Waals surface area contributed by atoms with Crippen LogP contribution in [0.15, 0.2) is 30.3 Å². The molecule has 0 heterocycles. The lowest BCUT2D eigenvalue weighted by molar-refractivity contribution is -0.143. The Kier molecular flexibility index (Phi) is 4.65. The van der Waals surface area contributed by atoms with Crippen LogP contribution in [0.25, 0.3) is 0 Å². The third kappa shape index (κ3) is 4.54. The summed E-state index contributed by atoms with van der Waals surface area (Å²) in [6.07, 6.45) is 0.937. The summed E-state index contributed by atoms with van der Waals surface area (Å²) >= 11 is 0. The van der Waals surface area contributed by atoms with Gasteiger partial charge in [-0.25, -0.2) is 0 Å². The molecule has 0 aliphatic carbocycles. The first-order chi connectivity index (χ1) is 7.94. The normalized spacial score (nSPS) is 13.1. The number of rotatable bonds is 5. The van der Waals surface area contributed by atoms with Crippen molar-refractivity contribution in [3.63, 3.8) is 0 Å². The van der Waals surface area contributed by atoms with E-state index in [2.05, 4.69) is 8.92 Å². The Morgan fingerprint density at radius 1 is 1.29 bits per heavy atom. The van der Waals surface area contributed by atoms with E-state index in [1.165, 1.54) is 7.11 Å². The van der Waals surface area contributed by atoms with Gasteiger partial charge in [0.15, 0.2) is 0 Å². The number of carbonyl (C=O) groups excluding carboxylic acids is 1. The summed E-state index contributed by atoms with van der Waals surface area (Å²) in [5, 5.41) is 0.